The highest BCUT2D eigenvalue weighted by Crippen LogP contribution is 2.29. The lowest BCUT2D eigenvalue weighted by Gasteiger charge is -2.42. The average molecular weight is 282 g/mol. The Morgan fingerprint density at radius 2 is 2.00 bits per heavy atom. The number of hydrogen-bond donors (Lipinski definition) is 2. The normalized spacial score (nSPS) is 28.4. The molecule has 0 spiro atoms. The monoisotopic (exact) mass is 282 g/mol. The van der Waals surface area contributed by atoms with Crippen LogP contribution in [0.15, 0.2) is 0 Å². The van der Waals surface area contributed by atoms with E-state index in [0.29, 0.717) is 25.3 Å². The molecule has 0 aliphatic carbocycles. The van der Waals surface area contributed by atoms with Gasteiger partial charge in [0.25, 0.3) is 0 Å². The molecule has 114 valence electrons. The van der Waals surface area contributed by atoms with Crippen molar-refractivity contribution in [1.29, 1.82) is 0 Å². The molecule has 0 radical (unpaired) electrons. The molecule has 1 unspecified atom stereocenters. The second-order valence-corrected chi connectivity index (χ2v) is 6.31. The van der Waals surface area contributed by atoms with E-state index in [1.807, 2.05) is 0 Å². The predicted molar refractivity (Wildman–Crippen MR) is 76.4 cm³/mol. The van der Waals surface area contributed by atoms with Crippen molar-refractivity contribution in [2.45, 2.75) is 57.4 Å². The van der Waals surface area contributed by atoms with Gasteiger partial charge >= 0.3 is 5.97 Å². The zero-order valence-electron chi connectivity index (χ0n) is 12.4. The predicted octanol–water partition coefficient (Wildman–Crippen LogP) is 1.62. The molecular formula is C15H26N2O3. The van der Waals surface area contributed by atoms with E-state index in [9.17, 15) is 14.7 Å². The summed E-state index contributed by atoms with van der Waals surface area (Å²) in [6, 6.07) is 0. The van der Waals surface area contributed by atoms with Gasteiger partial charge in [0.05, 0.1) is 0 Å². The number of carboxylic acids is 1. The molecule has 1 atom stereocenters. The fraction of sp³-hybridized carbons (Fsp3) is 0.867. The van der Waals surface area contributed by atoms with Gasteiger partial charge in [-0.05, 0) is 64.5 Å². The van der Waals surface area contributed by atoms with Crippen molar-refractivity contribution in [3.8, 4) is 0 Å². The first-order valence-corrected chi connectivity index (χ1v) is 7.78. The van der Waals surface area contributed by atoms with E-state index in [1.165, 1.54) is 0 Å². The van der Waals surface area contributed by atoms with Crippen LogP contribution in [0.4, 0.5) is 0 Å². The lowest BCUT2D eigenvalue weighted by molar-refractivity contribution is -0.161. The summed E-state index contributed by atoms with van der Waals surface area (Å²) in [5.74, 6) is -0.235. The van der Waals surface area contributed by atoms with Crippen LogP contribution in [0.1, 0.15) is 51.9 Å². The Labute approximate surface area is 120 Å². The second-order valence-electron chi connectivity index (χ2n) is 6.31. The highest BCUT2D eigenvalue weighted by molar-refractivity contribution is 5.87. The Bertz CT molecular complexity index is 366. The fourth-order valence-electron chi connectivity index (χ4n) is 3.38. The molecule has 0 bridgehead atoms. The van der Waals surface area contributed by atoms with E-state index in [1.54, 1.807) is 11.8 Å². The Hall–Kier alpha value is -1.10. The molecule has 0 aromatic rings. The van der Waals surface area contributed by atoms with E-state index in [-0.39, 0.29) is 5.91 Å². The van der Waals surface area contributed by atoms with Gasteiger partial charge in [0.1, 0.15) is 5.54 Å². The number of carbonyl (C=O) groups is 2. The van der Waals surface area contributed by atoms with E-state index >= 15 is 0 Å². The van der Waals surface area contributed by atoms with Gasteiger partial charge in [0.2, 0.25) is 5.91 Å². The minimum absolute atomic E-state index is 0.0214. The van der Waals surface area contributed by atoms with E-state index in [2.05, 4.69) is 5.32 Å². The number of rotatable bonds is 4. The standard InChI is InChI=1S/C15H26N2O3/c1-15(14(19)20)8-2-3-11-17(15)13(18)5-4-12-6-9-16-10-7-12/h12,16H,2-11H2,1H3,(H,19,20). The minimum Gasteiger partial charge on any atom is -0.480 e. The molecule has 20 heavy (non-hydrogen) atoms. The van der Waals surface area contributed by atoms with Crippen LogP contribution >= 0.6 is 0 Å². The molecule has 2 heterocycles. The number of carbonyl (C=O) groups excluding carboxylic acids is 1. The third kappa shape index (κ3) is 3.32. The van der Waals surface area contributed by atoms with Gasteiger partial charge in [0, 0.05) is 13.0 Å². The number of carboxylic acid groups (broad SMARTS) is 1. The Balaban J connectivity index is 1.90. The van der Waals surface area contributed by atoms with Crippen molar-refractivity contribution < 1.29 is 14.7 Å². The van der Waals surface area contributed by atoms with Crippen LogP contribution in [0, 0.1) is 5.92 Å². The Kier molecular flexibility index (Phi) is 5.02. The topological polar surface area (TPSA) is 69.6 Å². The van der Waals surface area contributed by atoms with Gasteiger partial charge in [-0.3, -0.25) is 4.79 Å². The number of likely N-dealkylation sites (tertiary alicyclic amines) is 1. The number of amides is 1. The van der Waals surface area contributed by atoms with Crippen LogP contribution in [0.2, 0.25) is 0 Å². The van der Waals surface area contributed by atoms with Crippen molar-refractivity contribution in [2.75, 3.05) is 19.6 Å². The van der Waals surface area contributed by atoms with Crippen molar-refractivity contribution in [2.24, 2.45) is 5.92 Å². The summed E-state index contributed by atoms with van der Waals surface area (Å²) in [6.45, 7) is 4.36. The smallest absolute Gasteiger partial charge is 0.329 e. The highest BCUT2D eigenvalue weighted by atomic mass is 16.4. The number of aliphatic carboxylic acids is 1. The molecule has 2 rings (SSSR count). The number of nitrogens with zero attached hydrogens (tertiary/aromatic N) is 1. The van der Waals surface area contributed by atoms with Crippen LogP contribution < -0.4 is 5.32 Å². The second kappa shape index (κ2) is 6.57. The van der Waals surface area contributed by atoms with Crippen molar-refractivity contribution in [1.82, 2.24) is 10.2 Å². The Morgan fingerprint density at radius 1 is 1.30 bits per heavy atom. The minimum atomic E-state index is -0.997. The SMILES string of the molecule is CC1(C(=O)O)CCCCN1C(=O)CCC1CCNCC1. The maximum Gasteiger partial charge on any atom is 0.329 e. The third-order valence-corrected chi connectivity index (χ3v) is 4.88. The van der Waals surface area contributed by atoms with Crippen LogP contribution in [0.5, 0.6) is 0 Å². The largest absolute Gasteiger partial charge is 0.480 e. The molecule has 0 aromatic heterocycles. The molecule has 2 N–H and O–H groups in total. The average Bonchev–Trinajstić information content (AvgIpc) is 2.46. The van der Waals surface area contributed by atoms with E-state index in [0.717, 1.165) is 45.2 Å². The summed E-state index contributed by atoms with van der Waals surface area (Å²) in [5.41, 5.74) is -0.997. The molecule has 2 saturated heterocycles. The molecule has 2 aliphatic heterocycles. The molecule has 1 amide bonds. The fourth-order valence-corrected chi connectivity index (χ4v) is 3.38. The molecule has 0 aromatic carbocycles. The van der Waals surface area contributed by atoms with Gasteiger partial charge < -0.3 is 15.3 Å². The summed E-state index contributed by atoms with van der Waals surface area (Å²) in [5, 5.41) is 12.8. The summed E-state index contributed by atoms with van der Waals surface area (Å²) >= 11 is 0. The lowest BCUT2D eigenvalue weighted by atomic mass is 9.87. The zero-order chi connectivity index (χ0) is 14.6. The van der Waals surface area contributed by atoms with Crippen molar-refractivity contribution >= 4 is 11.9 Å². The number of piperidine rings is 2. The molecule has 5 heteroatoms. The number of hydrogen-bond acceptors (Lipinski definition) is 3. The molecule has 2 fully saturated rings. The summed E-state index contributed by atoms with van der Waals surface area (Å²) < 4.78 is 0. The lowest BCUT2D eigenvalue weighted by Crippen LogP contribution is -2.57. The maximum absolute atomic E-state index is 12.4. The van der Waals surface area contributed by atoms with Crippen LogP contribution in [0.3, 0.4) is 0 Å². The summed E-state index contributed by atoms with van der Waals surface area (Å²) in [4.78, 5) is 25.5. The van der Waals surface area contributed by atoms with Crippen LogP contribution in [-0.4, -0.2) is 47.1 Å². The van der Waals surface area contributed by atoms with E-state index in [4.69, 9.17) is 0 Å². The van der Waals surface area contributed by atoms with Gasteiger partial charge in [0.15, 0.2) is 0 Å². The zero-order valence-corrected chi connectivity index (χ0v) is 12.4. The molecule has 5 nitrogen and oxygen atoms in total. The van der Waals surface area contributed by atoms with Crippen molar-refractivity contribution in [3.63, 3.8) is 0 Å². The summed E-state index contributed by atoms with van der Waals surface area (Å²) in [7, 11) is 0. The van der Waals surface area contributed by atoms with Gasteiger partial charge in [-0.25, -0.2) is 4.79 Å². The molecule has 2 aliphatic rings. The Morgan fingerprint density at radius 3 is 2.65 bits per heavy atom. The maximum atomic E-state index is 12.4. The van der Waals surface area contributed by atoms with E-state index < -0.39 is 11.5 Å². The molecular weight excluding hydrogens is 256 g/mol. The van der Waals surface area contributed by atoms with Gasteiger partial charge in [-0.1, -0.05) is 0 Å². The van der Waals surface area contributed by atoms with Gasteiger partial charge in [-0.15, -0.1) is 0 Å². The third-order valence-electron chi connectivity index (χ3n) is 4.88. The number of nitrogens with one attached hydrogen (secondary N) is 1. The highest BCUT2D eigenvalue weighted by Gasteiger charge is 2.43. The first-order valence-electron chi connectivity index (χ1n) is 7.78. The first-order chi connectivity index (χ1) is 9.54. The van der Waals surface area contributed by atoms with Crippen molar-refractivity contribution in [3.05, 3.63) is 0 Å². The first kappa shape index (κ1) is 15.3. The van der Waals surface area contributed by atoms with Crippen LogP contribution in [-0.2, 0) is 9.59 Å². The molecule has 0 saturated carbocycles. The quantitative estimate of drug-likeness (QED) is 0.822. The summed E-state index contributed by atoms with van der Waals surface area (Å²) in [6.07, 6.45) is 6.03. The van der Waals surface area contributed by atoms with Crippen LogP contribution in [0.25, 0.3) is 0 Å². The van der Waals surface area contributed by atoms with Gasteiger partial charge in [-0.2, -0.15) is 0 Å².